The lowest BCUT2D eigenvalue weighted by molar-refractivity contribution is 0.154. The molecule has 0 spiro atoms. The van der Waals surface area contributed by atoms with E-state index in [1.807, 2.05) is 0 Å². The lowest BCUT2D eigenvalue weighted by Gasteiger charge is -2.13. The zero-order chi connectivity index (χ0) is 17.9. The lowest BCUT2D eigenvalue weighted by atomic mass is 10.3. The van der Waals surface area contributed by atoms with Gasteiger partial charge in [0.1, 0.15) is 11.5 Å². The second kappa shape index (κ2) is 10.3. The topological polar surface area (TPSA) is 118 Å². The molecule has 1 aromatic carbocycles. The summed E-state index contributed by atoms with van der Waals surface area (Å²) in [5, 5.41) is 5.98. The summed E-state index contributed by atoms with van der Waals surface area (Å²) in [6.07, 6.45) is -2.01. The van der Waals surface area contributed by atoms with Gasteiger partial charge < -0.3 is 9.47 Å². The molecule has 0 N–H and O–H groups in total. The van der Waals surface area contributed by atoms with E-state index in [1.165, 1.54) is 24.3 Å². The minimum absolute atomic E-state index is 0.0132. The highest BCUT2D eigenvalue weighted by Crippen LogP contribution is 2.19. The van der Waals surface area contributed by atoms with E-state index in [0.29, 0.717) is 10.0 Å². The van der Waals surface area contributed by atoms with Gasteiger partial charge in [0.15, 0.2) is 0 Å². The van der Waals surface area contributed by atoms with Gasteiger partial charge in [0.05, 0.1) is 23.7 Å². The van der Waals surface area contributed by atoms with Gasteiger partial charge in [-0.2, -0.15) is 10.0 Å². The summed E-state index contributed by atoms with van der Waals surface area (Å²) in [5.74, 6) is 0.182. The van der Waals surface area contributed by atoms with E-state index in [1.54, 1.807) is 0 Å². The average Bonchev–Trinajstić information content (AvgIpc) is 2.58. The lowest BCUT2D eigenvalue weighted by Crippen LogP contribution is -2.30. The van der Waals surface area contributed by atoms with Crippen LogP contribution in [0.3, 0.4) is 0 Å². The maximum Gasteiger partial charge on any atom is 0.438 e. The molecule has 24 heavy (non-hydrogen) atoms. The highest BCUT2D eigenvalue weighted by Gasteiger charge is 2.18. The normalized spacial score (nSPS) is 9.75. The van der Waals surface area contributed by atoms with Gasteiger partial charge in [0.25, 0.3) is 0 Å². The van der Waals surface area contributed by atoms with Crippen molar-refractivity contribution in [1.82, 2.24) is 10.0 Å². The Kier molecular flexibility index (Phi) is 8.44. The molecule has 0 bridgehead atoms. The summed E-state index contributed by atoms with van der Waals surface area (Å²) >= 11 is 10.8. The van der Waals surface area contributed by atoms with Crippen molar-refractivity contribution in [3.63, 3.8) is 0 Å². The molecule has 0 saturated carbocycles. The molecule has 0 unspecified atom stereocenters. The van der Waals surface area contributed by atoms with Gasteiger partial charge in [0, 0.05) is 11.8 Å². The van der Waals surface area contributed by atoms with Crippen molar-refractivity contribution in [2.45, 2.75) is 0 Å². The third-order valence-corrected chi connectivity index (χ3v) is 2.78. The molecule has 10 nitrogen and oxygen atoms in total. The fourth-order valence-corrected chi connectivity index (χ4v) is 1.69. The molecule has 0 aliphatic heterocycles. The van der Waals surface area contributed by atoms with Crippen molar-refractivity contribution in [3.8, 4) is 11.5 Å². The first-order valence-electron chi connectivity index (χ1n) is 6.43. The Hall–Kier alpha value is -2.46. The van der Waals surface area contributed by atoms with E-state index in [2.05, 4.69) is 10.6 Å². The maximum absolute atomic E-state index is 11.6. The van der Waals surface area contributed by atoms with Crippen LogP contribution in [0.1, 0.15) is 0 Å². The quantitative estimate of drug-likeness (QED) is 0.389. The minimum atomic E-state index is -1.01. The van der Waals surface area contributed by atoms with Crippen LogP contribution in [0.25, 0.3) is 0 Å². The number of nitrogens with zero attached hydrogens (tertiary/aromatic N) is 4. The molecule has 0 aromatic heterocycles. The summed E-state index contributed by atoms with van der Waals surface area (Å²) < 4.78 is 9.77. The first-order chi connectivity index (χ1) is 11.5. The molecule has 0 fully saturated rings. The van der Waals surface area contributed by atoms with Gasteiger partial charge in [-0.05, 0) is 24.3 Å². The molecular formula is C12H12Cl2N4O6. The summed E-state index contributed by atoms with van der Waals surface area (Å²) in [6, 6.07) is 5.24. The number of amides is 2. The standard InChI is InChI=1S/C12H12Cl2N4O6/c13-5-7-17(15-21)11(19)23-9-1-2-10(4-3-9)24-12(20)18(16-22)8-6-14/h1-4H,5-8H2. The Morgan fingerprint density at radius 3 is 1.42 bits per heavy atom. The predicted molar refractivity (Wildman–Crippen MR) is 84.9 cm³/mol. The van der Waals surface area contributed by atoms with Crippen LogP contribution in [0.2, 0.25) is 0 Å². The monoisotopic (exact) mass is 378 g/mol. The van der Waals surface area contributed by atoms with Gasteiger partial charge in [-0.1, -0.05) is 0 Å². The molecular weight excluding hydrogens is 367 g/mol. The zero-order valence-corrected chi connectivity index (χ0v) is 13.6. The number of rotatable bonds is 8. The van der Waals surface area contributed by atoms with Crippen LogP contribution in [-0.2, 0) is 0 Å². The number of alkyl halides is 2. The smallest absolute Gasteiger partial charge is 0.409 e. The number of nitroso groups, excluding NO2 is 2. The second-order valence-corrected chi connectivity index (χ2v) is 4.75. The fourth-order valence-electron chi connectivity index (χ4n) is 1.37. The summed E-state index contributed by atoms with van der Waals surface area (Å²) in [6.45, 7) is -0.205. The Morgan fingerprint density at radius 2 is 1.17 bits per heavy atom. The molecule has 2 amide bonds. The molecule has 12 heteroatoms. The number of ether oxygens (including phenoxy) is 2. The number of carbonyl (C=O) groups excluding carboxylic acids is 2. The molecule has 0 saturated heterocycles. The van der Waals surface area contributed by atoms with Gasteiger partial charge >= 0.3 is 12.2 Å². The van der Waals surface area contributed by atoms with Crippen molar-refractivity contribution in [2.75, 3.05) is 24.8 Å². The van der Waals surface area contributed by atoms with Gasteiger partial charge in [-0.3, -0.25) is 0 Å². The first kappa shape index (κ1) is 19.6. The zero-order valence-electron chi connectivity index (χ0n) is 12.1. The Morgan fingerprint density at radius 1 is 0.833 bits per heavy atom. The van der Waals surface area contributed by atoms with Crippen LogP contribution in [-0.4, -0.2) is 47.1 Å². The molecule has 1 aromatic rings. The van der Waals surface area contributed by atoms with E-state index in [4.69, 9.17) is 32.7 Å². The van der Waals surface area contributed by atoms with Crippen LogP contribution in [0.5, 0.6) is 11.5 Å². The second-order valence-electron chi connectivity index (χ2n) is 3.99. The third kappa shape index (κ3) is 5.97. The Balaban J connectivity index is 2.65. The summed E-state index contributed by atoms with van der Waals surface area (Å²) in [5.41, 5.74) is 0. The Labute approximate surface area is 146 Å². The fraction of sp³-hybridized carbons (Fsp3) is 0.333. The highest BCUT2D eigenvalue weighted by molar-refractivity contribution is 6.18. The average molecular weight is 379 g/mol. The number of hydrogen-bond acceptors (Lipinski definition) is 8. The number of carbonyl (C=O) groups is 2. The maximum atomic E-state index is 11.6. The number of halogens is 2. The van der Waals surface area contributed by atoms with Gasteiger partial charge in [-0.15, -0.1) is 33.0 Å². The Bertz CT molecular complexity index is 534. The van der Waals surface area contributed by atoms with Crippen molar-refractivity contribution in [1.29, 1.82) is 0 Å². The van der Waals surface area contributed by atoms with Gasteiger partial charge in [-0.25, -0.2) is 9.59 Å². The van der Waals surface area contributed by atoms with E-state index in [-0.39, 0.29) is 36.3 Å². The summed E-state index contributed by atoms with van der Waals surface area (Å²) in [7, 11) is 0. The van der Waals surface area contributed by atoms with Crippen LogP contribution in [0.15, 0.2) is 34.8 Å². The molecule has 0 heterocycles. The van der Waals surface area contributed by atoms with Crippen LogP contribution in [0, 0.1) is 9.81 Å². The molecule has 130 valence electrons. The molecule has 0 aliphatic rings. The van der Waals surface area contributed by atoms with E-state index in [0.717, 1.165) is 0 Å². The molecule has 0 radical (unpaired) electrons. The molecule has 0 atom stereocenters. The van der Waals surface area contributed by atoms with Crippen LogP contribution >= 0.6 is 23.2 Å². The van der Waals surface area contributed by atoms with Crippen molar-refractivity contribution < 1.29 is 19.1 Å². The molecule has 0 aliphatic carbocycles. The van der Waals surface area contributed by atoms with Crippen molar-refractivity contribution in [2.24, 2.45) is 10.6 Å². The van der Waals surface area contributed by atoms with E-state index >= 15 is 0 Å². The van der Waals surface area contributed by atoms with E-state index < -0.39 is 12.2 Å². The van der Waals surface area contributed by atoms with Crippen molar-refractivity contribution >= 4 is 35.4 Å². The minimum Gasteiger partial charge on any atom is -0.409 e. The van der Waals surface area contributed by atoms with Crippen LogP contribution in [0.4, 0.5) is 9.59 Å². The summed E-state index contributed by atoms with van der Waals surface area (Å²) in [4.78, 5) is 44.1. The van der Waals surface area contributed by atoms with Crippen molar-refractivity contribution in [3.05, 3.63) is 34.1 Å². The highest BCUT2D eigenvalue weighted by atomic mass is 35.5. The first-order valence-corrected chi connectivity index (χ1v) is 7.49. The van der Waals surface area contributed by atoms with E-state index in [9.17, 15) is 19.4 Å². The van der Waals surface area contributed by atoms with Crippen LogP contribution < -0.4 is 9.47 Å². The third-order valence-electron chi connectivity index (χ3n) is 2.45. The number of benzene rings is 1. The predicted octanol–water partition coefficient (Wildman–Crippen LogP) is 3.13. The van der Waals surface area contributed by atoms with Gasteiger partial charge in [0.2, 0.25) is 0 Å². The SMILES string of the molecule is O=NN(CCCl)C(=O)Oc1ccc(OC(=O)N(CCCl)N=O)cc1. The largest absolute Gasteiger partial charge is 0.438 e. The molecule has 1 rings (SSSR count). The number of hydrogen-bond donors (Lipinski definition) is 0.